The molecule has 0 atom stereocenters. The second kappa shape index (κ2) is 7.84. The first-order valence-corrected chi connectivity index (χ1v) is 9.11. The topological polar surface area (TPSA) is 69.9 Å². The molecule has 0 unspecified atom stereocenters. The minimum absolute atomic E-state index is 0.0569. The Morgan fingerprint density at radius 3 is 2.54 bits per heavy atom. The highest BCUT2D eigenvalue weighted by atomic mass is 16.6. The van der Waals surface area contributed by atoms with Crippen molar-refractivity contribution in [3.63, 3.8) is 0 Å². The van der Waals surface area contributed by atoms with Crippen LogP contribution < -0.4 is 10.3 Å². The molecule has 0 aliphatic heterocycles. The zero-order valence-electron chi connectivity index (χ0n) is 16.6. The smallest absolute Gasteiger partial charge is 0.344 e. The number of aryl methyl sites for hydroxylation is 1. The minimum Gasteiger partial charge on any atom is -0.482 e. The molecule has 0 saturated heterocycles. The Morgan fingerprint density at radius 2 is 1.86 bits per heavy atom. The normalized spacial score (nSPS) is 11.4. The van der Waals surface area contributed by atoms with Crippen molar-refractivity contribution in [3.8, 4) is 5.75 Å². The van der Waals surface area contributed by atoms with Gasteiger partial charge >= 0.3 is 5.97 Å². The fourth-order valence-corrected chi connectivity index (χ4v) is 2.77. The van der Waals surface area contributed by atoms with Gasteiger partial charge in [-0.25, -0.2) is 9.78 Å². The van der Waals surface area contributed by atoms with Crippen LogP contribution >= 0.6 is 0 Å². The predicted molar refractivity (Wildman–Crippen MR) is 107 cm³/mol. The number of hydrogen-bond acceptors (Lipinski definition) is 5. The number of esters is 1. The van der Waals surface area contributed by atoms with E-state index in [1.54, 1.807) is 12.3 Å². The van der Waals surface area contributed by atoms with Gasteiger partial charge in [-0.2, -0.15) is 0 Å². The molecule has 1 aromatic carbocycles. The summed E-state index contributed by atoms with van der Waals surface area (Å²) in [6, 6.07) is 12.7. The van der Waals surface area contributed by atoms with Crippen LogP contribution in [0.4, 0.5) is 0 Å². The number of ether oxygens (including phenoxy) is 2. The number of carbonyl (C=O) groups excluding carboxylic acids is 1. The molecule has 6 heteroatoms. The molecule has 0 radical (unpaired) electrons. The summed E-state index contributed by atoms with van der Waals surface area (Å²) in [6.45, 7) is 7.99. The molecule has 3 rings (SSSR count). The van der Waals surface area contributed by atoms with Crippen molar-refractivity contribution in [2.75, 3.05) is 6.61 Å². The van der Waals surface area contributed by atoms with E-state index in [1.807, 2.05) is 37.3 Å². The van der Waals surface area contributed by atoms with Crippen LogP contribution in [0, 0.1) is 6.92 Å². The molecule has 0 N–H and O–H groups in total. The van der Waals surface area contributed by atoms with Gasteiger partial charge in [-0.05, 0) is 41.7 Å². The summed E-state index contributed by atoms with van der Waals surface area (Å²) in [5.41, 5.74) is 2.86. The average Bonchev–Trinajstić information content (AvgIpc) is 2.65. The van der Waals surface area contributed by atoms with Crippen LogP contribution in [-0.2, 0) is 21.6 Å². The average molecular weight is 380 g/mol. The lowest BCUT2D eigenvalue weighted by Crippen LogP contribution is -2.19. The van der Waals surface area contributed by atoms with Gasteiger partial charge in [0.1, 0.15) is 18.0 Å². The number of nitrogens with zero attached hydrogens (tertiary/aromatic N) is 2. The van der Waals surface area contributed by atoms with E-state index in [2.05, 4.69) is 25.8 Å². The molecule has 0 aliphatic rings. The highest BCUT2D eigenvalue weighted by molar-refractivity contribution is 5.71. The first kappa shape index (κ1) is 19.6. The van der Waals surface area contributed by atoms with E-state index in [0.717, 1.165) is 5.56 Å². The molecular weight excluding hydrogens is 356 g/mol. The Morgan fingerprint density at radius 1 is 1.14 bits per heavy atom. The fraction of sp³-hybridized carbons (Fsp3) is 0.318. The monoisotopic (exact) mass is 380 g/mol. The summed E-state index contributed by atoms with van der Waals surface area (Å²) >= 11 is 0. The van der Waals surface area contributed by atoms with E-state index in [-0.39, 0.29) is 24.2 Å². The molecule has 2 heterocycles. The third kappa shape index (κ3) is 4.57. The molecule has 0 aliphatic carbocycles. The summed E-state index contributed by atoms with van der Waals surface area (Å²) in [5, 5.41) is 0. The number of benzene rings is 1. The molecule has 0 saturated carbocycles. The molecule has 0 fully saturated rings. The summed E-state index contributed by atoms with van der Waals surface area (Å²) in [7, 11) is 0. The number of pyridine rings is 1. The quantitative estimate of drug-likeness (QED) is 0.635. The summed E-state index contributed by atoms with van der Waals surface area (Å²) in [5.74, 6) is 0.0781. The van der Waals surface area contributed by atoms with Gasteiger partial charge in [-0.1, -0.05) is 39.0 Å². The van der Waals surface area contributed by atoms with Gasteiger partial charge in [0.2, 0.25) is 0 Å². The molecule has 2 aromatic heterocycles. The molecule has 6 nitrogen and oxygen atoms in total. The van der Waals surface area contributed by atoms with Crippen LogP contribution in [0.3, 0.4) is 0 Å². The zero-order valence-corrected chi connectivity index (χ0v) is 16.6. The van der Waals surface area contributed by atoms with Crippen LogP contribution in [0.5, 0.6) is 5.75 Å². The second-order valence-electron chi connectivity index (χ2n) is 7.69. The molecule has 146 valence electrons. The second-order valence-corrected chi connectivity index (χ2v) is 7.69. The van der Waals surface area contributed by atoms with Gasteiger partial charge in [-0.15, -0.1) is 0 Å². The van der Waals surface area contributed by atoms with E-state index in [0.29, 0.717) is 17.1 Å². The third-order valence-electron chi connectivity index (χ3n) is 4.40. The maximum atomic E-state index is 12.2. The van der Waals surface area contributed by atoms with E-state index < -0.39 is 5.97 Å². The van der Waals surface area contributed by atoms with Gasteiger partial charge in [-0.3, -0.25) is 9.20 Å². The first-order valence-electron chi connectivity index (χ1n) is 9.11. The highest BCUT2D eigenvalue weighted by Gasteiger charge is 2.13. The van der Waals surface area contributed by atoms with Crippen LogP contribution in [0.25, 0.3) is 5.65 Å². The summed E-state index contributed by atoms with van der Waals surface area (Å²) < 4.78 is 12.1. The lowest BCUT2D eigenvalue weighted by molar-refractivity contribution is -0.147. The highest BCUT2D eigenvalue weighted by Crippen LogP contribution is 2.24. The SMILES string of the molecule is Cc1cccn2c(=O)cc(COC(=O)COc3ccc(C(C)(C)C)cc3)nc12. The molecule has 0 amide bonds. The first-order chi connectivity index (χ1) is 13.2. The largest absolute Gasteiger partial charge is 0.482 e. The van der Waals surface area contributed by atoms with E-state index in [4.69, 9.17) is 9.47 Å². The molecule has 0 spiro atoms. The number of aromatic nitrogens is 2. The Kier molecular flexibility index (Phi) is 5.49. The maximum absolute atomic E-state index is 12.2. The van der Waals surface area contributed by atoms with Gasteiger partial charge in [0.05, 0.1) is 5.69 Å². The number of rotatable bonds is 5. The molecule has 3 aromatic rings. The van der Waals surface area contributed by atoms with Crippen molar-refractivity contribution in [2.45, 2.75) is 39.7 Å². The third-order valence-corrected chi connectivity index (χ3v) is 4.40. The van der Waals surface area contributed by atoms with Gasteiger partial charge in [0.15, 0.2) is 6.61 Å². The number of carbonyl (C=O) groups is 1. The number of hydrogen-bond donors (Lipinski definition) is 0. The zero-order chi connectivity index (χ0) is 20.3. The fourth-order valence-electron chi connectivity index (χ4n) is 2.77. The van der Waals surface area contributed by atoms with Crippen molar-refractivity contribution in [1.82, 2.24) is 9.38 Å². The van der Waals surface area contributed by atoms with Crippen molar-refractivity contribution in [2.24, 2.45) is 0 Å². The maximum Gasteiger partial charge on any atom is 0.344 e. The molecule has 28 heavy (non-hydrogen) atoms. The van der Waals surface area contributed by atoms with E-state index >= 15 is 0 Å². The lowest BCUT2D eigenvalue weighted by atomic mass is 9.87. The minimum atomic E-state index is -0.522. The van der Waals surface area contributed by atoms with Crippen molar-refractivity contribution < 1.29 is 14.3 Å². The standard InChI is InChI=1S/C22H24N2O4/c1-15-6-5-11-24-19(25)12-17(23-21(15)24)13-28-20(26)14-27-18-9-7-16(8-10-18)22(2,3)4/h5-12H,13-14H2,1-4H3. The summed E-state index contributed by atoms with van der Waals surface area (Å²) in [6.07, 6.45) is 1.66. The van der Waals surface area contributed by atoms with Crippen molar-refractivity contribution in [1.29, 1.82) is 0 Å². The van der Waals surface area contributed by atoms with Crippen LogP contribution in [0.2, 0.25) is 0 Å². The lowest BCUT2D eigenvalue weighted by Gasteiger charge is -2.19. The Bertz CT molecular complexity index is 1050. The molecule has 0 bridgehead atoms. The van der Waals surface area contributed by atoms with Gasteiger partial charge < -0.3 is 9.47 Å². The Labute approximate surface area is 163 Å². The van der Waals surface area contributed by atoms with Crippen LogP contribution in [-0.4, -0.2) is 22.0 Å². The molecular formula is C22H24N2O4. The van der Waals surface area contributed by atoms with Crippen molar-refractivity contribution >= 4 is 11.6 Å². The van der Waals surface area contributed by atoms with Gasteiger partial charge in [0.25, 0.3) is 5.56 Å². The van der Waals surface area contributed by atoms with E-state index in [1.165, 1.54) is 16.0 Å². The van der Waals surface area contributed by atoms with Gasteiger partial charge in [0, 0.05) is 12.3 Å². The Hall–Kier alpha value is -3.15. The number of fused-ring (bicyclic) bond motifs is 1. The van der Waals surface area contributed by atoms with Crippen molar-refractivity contribution in [3.05, 3.63) is 75.8 Å². The van der Waals surface area contributed by atoms with E-state index in [9.17, 15) is 9.59 Å². The van der Waals surface area contributed by atoms with Crippen LogP contribution in [0.15, 0.2) is 53.5 Å². The predicted octanol–water partition coefficient (Wildman–Crippen LogP) is 3.42. The Balaban J connectivity index is 1.58. The summed E-state index contributed by atoms with van der Waals surface area (Å²) in [4.78, 5) is 28.5. The van der Waals surface area contributed by atoms with Crippen LogP contribution in [0.1, 0.15) is 37.6 Å².